The average Bonchev–Trinajstić information content (AvgIpc) is 2.39. The lowest BCUT2D eigenvalue weighted by atomic mass is 10.1. The van der Waals surface area contributed by atoms with Crippen LogP contribution >= 0.6 is 23.2 Å². The maximum Gasteiger partial charge on any atom is 0.244 e. The zero-order valence-corrected chi connectivity index (χ0v) is 11.4. The first kappa shape index (κ1) is 13.7. The van der Waals surface area contributed by atoms with Gasteiger partial charge in [-0.15, -0.1) is 0 Å². The summed E-state index contributed by atoms with van der Waals surface area (Å²) in [6, 6.07) is 13.4. The highest BCUT2D eigenvalue weighted by Crippen LogP contribution is 2.26. The number of carbonyl (C=O) groups excluding carboxylic acids is 1. The molecular weight excluding hydrogens is 283 g/mol. The van der Waals surface area contributed by atoms with E-state index in [2.05, 4.69) is 5.32 Å². The Morgan fingerprint density at radius 3 is 2.26 bits per heavy atom. The summed E-state index contributed by atoms with van der Waals surface area (Å²) in [4.78, 5) is 11.6. The van der Waals surface area contributed by atoms with E-state index < -0.39 is 11.9 Å². The third kappa shape index (κ3) is 3.40. The topological polar surface area (TPSA) is 55.1 Å². The highest BCUT2D eigenvalue weighted by Gasteiger charge is 2.18. The molecule has 0 aliphatic heterocycles. The predicted molar refractivity (Wildman–Crippen MR) is 78.5 cm³/mol. The molecule has 1 unspecified atom stereocenters. The number of anilines is 1. The van der Waals surface area contributed by atoms with Gasteiger partial charge < -0.3 is 11.1 Å². The number of para-hydroxylation sites is 1. The van der Waals surface area contributed by atoms with Crippen LogP contribution in [0, 0.1) is 0 Å². The van der Waals surface area contributed by atoms with E-state index in [0.717, 1.165) is 5.56 Å². The number of halogens is 2. The van der Waals surface area contributed by atoms with E-state index in [9.17, 15) is 4.79 Å². The van der Waals surface area contributed by atoms with Gasteiger partial charge in [0.15, 0.2) is 0 Å². The third-order valence-corrected chi connectivity index (χ3v) is 3.24. The van der Waals surface area contributed by atoms with Crippen molar-refractivity contribution < 1.29 is 4.79 Å². The quantitative estimate of drug-likeness (QED) is 0.905. The molecule has 0 saturated heterocycles. The molecule has 1 atom stereocenters. The normalized spacial score (nSPS) is 11.9. The van der Waals surface area contributed by atoms with Gasteiger partial charge in [0, 0.05) is 5.02 Å². The molecule has 0 spiro atoms. The van der Waals surface area contributed by atoms with E-state index in [4.69, 9.17) is 28.9 Å². The van der Waals surface area contributed by atoms with Crippen LogP contribution in [0.15, 0.2) is 48.5 Å². The van der Waals surface area contributed by atoms with Crippen LogP contribution in [0.5, 0.6) is 0 Å². The molecule has 0 saturated carbocycles. The molecule has 2 aromatic carbocycles. The SMILES string of the molecule is NC(=O)C(Nc1ccccc1Cl)c1ccc(Cl)cc1. The van der Waals surface area contributed by atoms with E-state index in [1.54, 1.807) is 36.4 Å². The molecule has 2 aromatic rings. The molecule has 0 aliphatic rings. The smallest absolute Gasteiger partial charge is 0.244 e. The molecule has 5 heteroatoms. The van der Waals surface area contributed by atoms with Gasteiger partial charge in [-0.2, -0.15) is 0 Å². The molecule has 0 radical (unpaired) electrons. The number of rotatable bonds is 4. The monoisotopic (exact) mass is 294 g/mol. The molecule has 0 bridgehead atoms. The third-order valence-electron chi connectivity index (χ3n) is 2.66. The van der Waals surface area contributed by atoms with Crippen molar-refractivity contribution in [1.82, 2.24) is 0 Å². The summed E-state index contributed by atoms with van der Waals surface area (Å²) in [6.45, 7) is 0. The molecular formula is C14H12Cl2N2O. The fraction of sp³-hybridized carbons (Fsp3) is 0.0714. The summed E-state index contributed by atoms with van der Waals surface area (Å²) in [5.41, 5.74) is 6.82. The van der Waals surface area contributed by atoms with Gasteiger partial charge >= 0.3 is 0 Å². The molecule has 0 aromatic heterocycles. The van der Waals surface area contributed by atoms with Gasteiger partial charge in [0.05, 0.1) is 10.7 Å². The summed E-state index contributed by atoms with van der Waals surface area (Å²) in [7, 11) is 0. The predicted octanol–water partition coefficient (Wildman–Crippen LogP) is 3.63. The van der Waals surface area contributed by atoms with Crippen molar-refractivity contribution in [1.29, 1.82) is 0 Å². The molecule has 3 nitrogen and oxygen atoms in total. The lowest BCUT2D eigenvalue weighted by Crippen LogP contribution is -2.27. The van der Waals surface area contributed by atoms with Crippen molar-refractivity contribution in [3.05, 3.63) is 64.1 Å². The largest absolute Gasteiger partial charge is 0.369 e. The molecule has 0 aliphatic carbocycles. The number of nitrogens with two attached hydrogens (primary N) is 1. The summed E-state index contributed by atoms with van der Waals surface area (Å²) >= 11 is 11.9. The molecule has 0 heterocycles. The molecule has 0 fully saturated rings. The van der Waals surface area contributed by atoms with Gasteiger partial charge in [0.1, 0.15) is 6.04 Å². The lowest BCUT2D eigenvalue weighted by molar-refractivity contribution is -0.118. The number of hydrogen-bond acceptors (Lipinski definition) is 2. The number of hydrogen-bond donors (Lipinski definition) is 2. The van der Waals surface area contributed by atoms with Crippen molar-refractivity contribution in [2.75, 3.05) is 5.32 Å². The van der Waals surface area contributed by atoms with Gasteiger partial charge in [0.2, 0.25) is 5.91 Å². The van der Waals surface area contributed by atoms with Crippen molar-refractivity contribution >= 4 is 34.8 Å². The molecule has 2 rings (SSSR count). The van der Waals surface area contributed by atoms with E-state index >= 15 is 0 Å². The minimum Gasteiger partial charge on any atom is -0.369 e. The maximum absolute atomic E-state index is 11.6. The number of benzene rings is 2. The Kier molecular flexibility index (Phi) is 4.30. The minimum absolute atomic E-state index is 0.484. The molecule has 3 N–H and O–H groups in total. The first-order chi connectivity index (χ1) is 9.08. The van der Waals surface area contributed by atoms with Crippen LogP contribution in [0.1, 0.15) is 11.6 Å². The van der Waals surface area contributed by atoms with Gasteiger partial charge in [0.25, 0.3) is 0 Å². The standard InChI is InChI=1S/C14H12Cl2N2O/c15-10-7-5-9(6-8-10)13(14(17)19)18-12-4-2-1-3-11(12)16/h1-8,13,18H,(H2,17,19). The van der Waals surface area contributed by atoms with Crippen LogP contribution in [0.2, 0.25) is 10.0 Å². The van der Waals surface area contributed by atoms with Crippen LogP contribution in [-0.2, 0) is 4.79 Å². The minimum atomic E-state index is -0.655. The Morgan fingerprint density at radius 2 is 1.68 bits per heavy atom. The van der Waals surface area contributed by atoms with Gasteiger partial charge in [-0.3, -0.25) is 4.79 Å². The average molecular weight is 295 g/mol. The Hall–Kier alpha value is -1.71. The van der Waals surface area contributed by atoms with Gasteiger partial charge in [-0.1, -0.05) is 47.5 Å². The summed E-state index contributed by atoms with van der Waals surface area (Å²) in [6.07, 6.45) is 0. The van der Waals surface area contributed by atoms with Crippen LogP contribution < -0.4 is 11.1 Å². The number of nitrogens with one attached hydrogen (secondary N) is 1. The van der Waals surface area contributed by atoms with Crippen molar-refractivity contribution in [3.8, 4) is 0 Å². The Balaban J connectivity index is 2.29. The maximum atomic E-state index is 11.6. The van der Waals surface area contributed by atoms with Crippen LogP contribution in [-0.4, -0.2) is 5.91 Å². The zero-order chi connectivity index (χ0) is 13.8. The fourth-order valence-electron chi connectivity index (χ4n) is 1.71. The summed E-state index contributed by atoms with van der Waals surface area (Å²) in [5.74, 6) is -0.484. The summed E-state index contributed by atoms with van der Waals surface area (Å²) < 4.78 is 0. The second-order valence-electron chi connectivity index (χ2n) is 4.01. The van der Waals surface area contributed by atoms with Crippen molar-refractivity contribution in [2.24, 2.45) is 5.73 Å². The number of amides is 1. The van der Waals surface area contributed by atoms with Crippen LogP contribution in [0.3, 0.4) is 0 Å². The van der Waals surface area contributed by atoms with E-state index in [-0.39, 0.29) is 0 Å². The van der Waals surface area contributed by atoms with Crippen LogP contribution in [0.25, 0.3) is 0 Å². The van der Waals surface area contributed by atoms with Gasteiger partial charge in [-0.05, 0) is 29.8 Å². The Bertz CT molecular complexity index is 584. The Morgan fingerprint density at radius 1 is 1.05 bits per heavy atom. The molecule has 19 heavy (non-hydrogen) atoms. The Labute approximate surface area is 121 Å². The molecule has 1 amide bonds. The van der Waals surface area contributed by atoms with E-state index in [0.29, 0.717) is 15.7 Å². The fourth-order valence-corrected chi connectivity index (χ4v) is 2.02. The van der Waals surface area contributed by atoms with E-state index in [1.807, 2.05) is 12.1 Å². The van der Waals surface area contributed by atoms with E-state index in [1.165, 1.54) is 0 Å². The number of carbonyl (C=O) groups is 1. The van der Waals surface area contributed by atoms with Crippen molar-refractivity contribution in [3.63, 3.8) is 0 Å². The summed E-state index contributed by atoms with van der Waals surface area (Å²) in [5, 5.41) is 4.16. The highest BCUT2D eigenvalue weighted by molar-refractivity contribution is 6.33. The first-order valence-corrected chi connectivity index (χ1v) is 6.39. The first-order valence-electron chi connectivity index (χ1n) is 5.64. The van der Waals surface area contributed by atoms with Crippen LogP contribution in [0.4, 0.5) is 5.69 Å². The van der Waals surface area contributed by atoms with Gasteiger partial charge in [-0.25, -0.2) is 0 Å². The second kappa shape index (κ2) is 5.95. The van der Waals surface area contributed by atoms with Crippen molar-refractivity contribution in [2.45, 2.75) is 6.04 Å². The second-order valence-corrected chi connectivity index (χ2v) is 4.85. The molecule has 98 valence electrons. The highest BCUT2D eigenvalue weighted by atomic mass is 35.5. The lowest BCUT2D eigenvalue weighted by Gasteiger charge is -2.18. The zero-order valence-electron chi connectivity index (χ0n) is 9.94. The number of primary amides is 1.